The molecule has 0 aromatic heterocycles. The summed E-state index contributed by atoms with van der Waals surface area (Å²) >= 11 is 0. The van der Waals surface area contributed by atoms with Crippen LogP contribution in [-0.2, 0) is 9.22 Å². The molecule has 1 aromatic rings. The van der Waals surface area contributed by atoms with Crippen LogP contribution in [-0.4, -0.2) is 20.2 Å². The van der Waals surface area contributed by atoms with E-state index < -0.39 is 8.32 Å². The Morgan fingerprint density at radius 1 is 0.868 bits per heavy atom. The number of carbonyl (C=O) groups excluding carboxylic acids is 1. The number of rotatable bonds is 6. The fourth-order valence-corrected chi connectivity index (χ4v) is 15.5. The first kappa shape index (κ1) is 28.1. The second kappa shape index (κ2) is 10.2. The third-order valence-corrected chi connectivity index (χ3v) is 18.0. The van der Waals surface area contributed by atoms with Gasteiger partial charge in [-0.05, 0) is 102 Å². The fraction of sp³-hybridized carbons (Fsp3) is 0.686. The van der Waals surface area contributed by atoms with Crippen molar-refractivity contribution in [2.24, 2.45) is 28.6 Å². The van der Waals surface area contributed by atoms with Crippen molar-refractivity contribution in [3.8, 4) is 0 Å². The highest BCUT2D eigenvalue weighted by atomic mass is 28.4. The molecule has 0 aliphatic heterocycles. The normalized spacial score (nSPS) is 36.4. The van der Waals surface area contributed by atoms with Crippen LogP contribution in [0.3, 0.4) is 0 Å². The van der Waals surface area contributed by atoms with Crippen LogP contribution in [0.25, 0.3) is 6.08 Å². The zero-order chi connectivity index (χ0) is 27.5. The Morgan fingerprint density at radius 3 is 2.13 bits per heavy atom. The molecule has 0 spiro atoms. The summed E-state index contributed by atoms with van der Waals surface area (Å²) in [6.45, 7) is 19.3. The minimum atomic E-state index is -1.89. The van der Waals surface area contributed by atoms with Gasteiger partial charge in [0.2, 0.25) is 8.32 Å². The van der Waals surface area contributed by atoms with Crippen LogP contribution < -0.4 is 0 Å². The Morgan fingerprint density at radius 2 is 1.50 bits per heavy atom. The van der Waals surface area contributed by atoms with E-state index >= 15 is 0 Å². The Kier molecular flexibility index (Phi) is 7.53. The average Bonchev–Trinajstić information content (AvgIpc) is 3.12. The standard InChI is InChI=1S/C35H52O2Si/c1-23(2)38(24(3)4,25(5)6)37-29-16-18-34(7)28(22-29)14-15-30-31(34)17-19-35(8)32(30)21-27(33(35)36)20-26-12-10-9-11-13-26/h9-13,20,22-25,29-32H,14-19,21H2,1-8H3/b27-20-/t29-,30+,31-,32-,34-,35-/m0/s1. The molecule has 4 aliphatic rings. The number of ketones is 1. The maximum Gasteiger partial charge on any atom is 0.201 e. The summed E-state index contributed by atoms with van der Waals surface area (Å²) in [5.74, 6) is 2.30. The molecule has 0 N–H and O–H groups in total. The quantitative estimate of drug-likeness (QED) is 0.207. The zero-order valence-electron chi connectivity index (χ0n) is 25.3. The van der Waals surface area contributed by atoms with Crippen molar-refractivity contribution >= 4 is 20.2 Å². The van der Waals surface area contributed by atoms with Gasteiger partial charge in [0.15, 0.2) is 5.78 Å². The predicted molar refractivity (Wildman–Crippen MR) is 162 cm³/mol. The molecule has 0 saturated heterocycles. The molecule has 0 radical (unpaired) electrons. The number of allylic oxidation sites excluding steroid dienone is 2. The van der Waals surface area contributed by atoms with Gasteiger partial charge in [-0.1, -0.05) is 97.4 Å². The van der Waals surface area contributed by atoms with Gasteiger partial charge < -0.3 is 4.43 Å². The second-order valence-corrected chi connectivity index (χ2v) is 20.0. The monoisotopic (exact) mass is 532 g/mol. The first-order chi connectivity index (χ1) is 17.9. The first-order valence-electron chi connectivity index (χ1n) is 15.6. The lowest BCUT2D eigenvalue weighted by Gasteiger charge is -2.57. The summed E-state index contributed by atoms with van der Waals surface area (Å²) < 4.78 is 7.27. The van der Waals surface area contributed by atoms with E-state index in [0.717, 1.165) is 30.4 Å². The largest absolute Gasteiger partial charge is 0.410 e. The van der Waals surface area contributed by atoms with Crippen LogP contribution in [0.5, 0.6) is 0 Å². The van der Waals surface area contributed by atoms with Crippen molar-refractivity contribution in [1.82, 2.24) is 0 Å². The van der Waals surface area contributed by atoms with Crippen LogP contribution in [0.15, 0.2) is 47.6 Å². The Hall–Kier alpha value is -1.45. The number of carbonyl (C=O) groups is 1. The highest BCUT2D eigenvalue weighted by Crippen LogP contribution is 2.65. The molecule has 38 heavy (non-hydrogen) atoms. The van der Waals surface area contributed by atoms with E-state index in [1.807, 2.05) is 0 Å². The van der Waals surface area contributed by atoms with Crippen LogP contribution >= 0.6 is 0 Å². The molecule has 4 aliphatic carbocycles. The zero-order valence-corrected chi connectivity index (χ0v) is 26.3. The minimum absolute atomic E-state index is 0.170. The van der Waals surface area contributed by atoms with Gasteiger partial charge in [0.05, 0.1) is 6.10 Å². The highest BCUT2D eigenvalue weighted by Gasteiger charge is 2.60. The van der Waals surface area contributed by atoms with Gasteiger partial charge >= 0.3 is 0 Å². The molecule has 0 amide bonds. The lowest BCUT2D eigenvalue weighted by atomic mass is 9.47. The summed E-state index contributed by atoms with van der Waals surface area (Å²) in [7, 11) is -1.89. The molecule has 3 heteroatoms. The van der Waals surface area contributed by atoms with Gasteiger partial charge in [-0.2, -0.15) is 0 Å². The number of benzene rings is 1. The molecule has 1 aromatic carbocycles. The predicted octanol–water partition coefficient (Wildman–Crippen LogP) is 9.77. The molecule has 3 fully saturated rings. The minimum Gasteiger partial charge on any atom is -0.410 e. The molecule has 0 unspecified atom stereocenters. The van der Waals surface area contributed by atoms with Crippen LogP contribution in [0.1, 0.15) is 106 Å². The summed E-state index contributed by atoms with van der Waals surface area (Å²) in [6.07, 6.45) is 13.1. The van der Waals surface area contributed by atoms with Crippen molar-refractivity contribution in [2.75, 3.05) is 0 Å². The smallest absolute Gasteiger partial charge is 0.201 e. The van der Waals surface area contributed by atoms with Gasteiger partial charge in [0.25, 0.3) is 0 Å². The lowest BCUT2D eigenvalue weighted by Crippen LogP contribution is -2.53. The first-order valence-corrected chi connectivity index (χ1v) is 17.8. The van der Waals surface area contributed by atoms with Crippen LogP contribution in [0.2, 0.25) is 16.6 Å². The summed E-state index contributed by atoms with van der Waals surface area (Å²) in [4.78, 5) is 13.8. The molecule has 3 saturated carbocycles. The van der Waals surface area contributed by atoms with E-state index in [9.17, 15) is 4.79 Å². The summed E-state index contributed by atoms with van der Waals surface area (Å²) in [5.41, 5.74) is 5.90. The molecule has 5 rings (SSSR count). The topological polar surface area (TPSA) is 26.3 Å². The molecular weight excluding hydrogens is 480 g/mol. The van der Waals surface area contributed by atoms with E-state index in [1.165, 1.54) is 25.7 Å². The summed E-state index contributed by atoms with van der Waals surface area (Å²) in [6, 6.07) is 10.4. The molecule has 0 bridgehead atoms. The van der Waals surface area contributed by atoms with Crippen LogP contribution in [0, 0.1) is 28.6 Å². The number of hydrogen-bond acceptors (Lipinski definition) is 2. The third-order valence-electron chi connectivity index (χ3n) is 11.9. The number of Topliss-reactive ketones (excluding diaryl/α,β-unsaturated/α-hetero) is 1. The Labute approximate surface area is 233 Å². The van der Waals surface area contributed by atoms with Crippen molar-refractivity contribution in [1.29, 1.82) is 0 Å². The van der Waals surface area contributed by atoms with Crippen LogP contribution in [0.4, 0.5) is 0 Å². The molecule has 6 atom stereocenters. The fourth-order valence-electron chi connectivity index (χ4n) is 10.0. The maximum atomic E-state index is 13.8. The summed E-state index contributed by atoms with van der Waals surface area (Å²) in [5, 5.41) is 0. The van der Waals surface area contributed by atoms with E-state index in [1.54, 1.807) is 5.57 Å². The van der Waals surface area contributed by atoms with Crippen molar-refractivity contribution in [3.63, 3.8) is 0 Å². The molecule has 2 nitrogen and oxygen atoms in total. The molecule has 0 heterocycles. The van der Waals surface area contributed by atoms with E-state index in [4.69, 9.17) is 4.43 Å². The van der Waals surface area contributed by atoms with Crippen molar-refractivity contribution in [2.45, 2.75) is 123 Å². The van der Waals surface area contributed by atoms with Crippen molar-refractivity contribution in [3.05, 3.63) is 53.1 Å². The highest BCUT2D eigenvalue weighted by molar-refractivity contribution is 6.77. The second-order valence-electron chi connectivity index (χ2n) is 14.6. The third kappa shape index (κ3) is 4.35. The van der Waals surface area contributed by atoms with Crippen molar-refractivity contribution < 1.29 is 9.22 Å². The van der Waals surface area contributed by atoms with Gasteiger partial charge in [-0.15, -0.1) is 0 Å². The number of fused-ring (bicyclic) bond motifs is 5. The average molecular weight is 533 g/mol. The van der Waals surface area contributed by atoms with E-state index in [-0.39, 0.29) is 16.9 Å². The van der Waals surface area contributed by atoms with Gasteiger partial charge in [0, 0.05) is 5.41 Å². The van der Waals surface area contributed by atoms with Gasteiger partial charge in [-0.3, -0.25) is 4.79 Å². The Balaban J connectivity index is 1.39. The molecule has 208 valence electrons. The number of hydrogen-bond donors (Lipinski definition) is 0. The molecular formula is C35H52O2Si. The van der Waals surface area contributed by atoms with E-state index in [0.29, 0.717) is 40.2 Å². The van der Waals surface area contributed by atoms with Gasteiger partial charge in [0.1, 0.15) is 0 Å². The van der Waals surface area contributed by atoms with Gasteiger partial charge in [-0.25, -0.2) is 0 Å². The van der Waals surface area contributed by atoms with E-state index in [2.05, 4.69) is 97.9 Å². The SMILES string of the molecule is CC(C)[Si](O[C@@H]1C=C2CC[C@@H]3[C@H](CC[C@]4(C)C(=O)/C(=C\c5ccccc5)C[C@@H]34)[C@@]2(C)CC1)(C(C)C)C(C)C. The Bertz CT molecular complexity index is 1080. The lowest BCUT2D eigenvalue weighted by molar-refractivity contribution is -0.130. The maximum absolute atomic E-state index is 13.8.